The minimum Gasteiger partial charge on any atom is -0.399 e. The fourth-order valence-electron chi connectivity index (χ4n) is 1.07. The molecule has 1 rings (SSSR count). The maximum Gasteiger partial charge on any atom is 0.0361 e. The Morgan fingerprint density at radius 3 is 2.77 bits per heavy atom. The van der Waals surface area contributed by atoms with Gasteiger partial charge in [-0.15, -0.1) is 0 Å². The maximum atomic E-state index is 5.64. The molecule has 3 heteroatoms. The lowest BCUT2D eigenvalue weighted by Gasteiger charge is -2.11. The van der Waals surface area contributed by atoms with E-state index in [1.165, 1.54) is 0 Å². The highest BCUT2D eigenvalue weighted by molar-refractivity contribution is 5.53. The fraction of sp³-hybridized carbons (Fsp3) is 0.400. The zero-order valence-electron chi connectivity index (χ0n) is 8.25. The minimum absolute atomic E-state index is 0.801. The fourth-order valence-corrected chi connectivity index (χ4v) is 1.07. The molecule has 0 bridgehead atoms. The molecule has 13 heavy (non-hydrogen) atoms. The molecule has 0 saturated heterocycles. The average molecular weight is 179 g/mol. The molecule has 0 heterocycles. The van der Waals surface area contributed by atoms with Crippen LogP contribution in [0.5, 0.6) is 0 Å². The Labute approximate surface area is 79.5 Å². The Hall–Kier alpha value is -1.22. The number of hydrogen-bond donors (Lipinski definition) is 2. The van der Waals surface area contributed by atoms with Gasteiger partial charge in [-0.25, -0.2) is 0 Å². The summed E-state index contributed by atoms with van der Waals surface area (Å²) in [4.78, 5) is 2.14. The second-order valence-electron chi connectivity index (χ2n) is 3.36. The Morgan fingerprint density at radius 2 is 2.15 bits per heavy atom. The largest absolute Gasteiger partial charge is 0.399 e. The molecule has 72 valence electrons. The zero-order chi connectivity index (χ0) is 9.68. The standard InChI is InChI=1S/C10H17N3/c1-13(2)7-6-12-10-5-3-4-9(11)8-10/h3-5,8,12H,6-7,11H2,1-2H3. The van der Waals surface area contributed by atoms with E-state index in [0.29, 0.717) is 0 Å². The van der Waals surface area contributed by atoms with Gasteiger partial charge < -0.3 is 16.0 Å². The number of nitrogen functional groups attached to an aromatic ring is 1. The van der Waals surface area contributed by atoms with Gasteiger partial charge in [0.25, 0.3) is 0 Å². The van der Waals surface area contributed by atoms with E-state index in [1.54, 1.807) is 0 Å². The second-order valence-corrected chi connectivity index (χ2v) is 3.36. The Morgan fingerprint density at radius 1 is 1.38 bits per heavy atom. The molecule has 0 atom stereocenters. The molecule has 0 aliphatic heterocycles. The number of benzene rings is 1. The lowest BCUT2D eigenvalue weighted by molar-refractivity contribution is 0.425. The number of rotatable bonds is 4. The van der Waals surface area contributed by atoms with Crippen molar-refractivity contribution in [2.75, 3.05) is 38.2 Å². The molecule has 1 aromatic carbocycles. The van der Waals surface area contributed by atoms with Gasteiger partial charge in [0.15, 0.2) is 0 Å². The molecule has 0 fully saturated rings. The van der Waals surface area contributed by atoms with Gasteiger partial charge in [-0.3, -0.25) is 0 Å². The predicted molar refractivity (Wildman–Crippen MR) is 57.9 cm³/mol. The number of nitrogens with one attached hydrogen (secondary N) is 1. The summed E-state index contributed by atoms with van der Waals surface area (Å²) in [6.07, 6.45) is 0. The van der Waals surface area contributed by atoms with Crippen molar-refractivity contribution < 1.29 is 0 Å². The third kappa shape index (κ3) is 3.80. The number of likely N-dealkylation sites (N-methyl/N-ethyl adjacent to an activating group) is 1. The highest BCUT2D eigenvalue weighted by Crippen LogP contribution is 2.10. The monoisotopic (exact) mass is 179 g/mol. The van der Waals surface area contributed by atoms with E-state index < -0.39 is 0 Å². The van der Waals surface area contributed by atoms with Crippen LogP contribution in [0.25, 0.3) is 0 Å². The first-order chi connectivity index (χ1) is 6.18. The SMILES string of the molecule is CN(C)CCNc1cccc(N)c1. The predicted octanol–water partition coefficient (Wildman–Crippen LogP) is 1.24. The van der Waals surface area contributed by atoms with Crippen LogP contribution in [-0.4, -0.2) is 32.1 Å². The van der Waals surface area contributed by atoms with Crippen LogP contribution in [0, 0.1) is 0 Å². The van der Waals surface area contributed by atoms with Crippen LogP contribution in [0.2, 0.25) is 0 Å². The van der Waals surface area contributed by atoms with Crippen LogP contribution < -0.4 is 11.1 Å². The van der Waals surface area contributed by atoms with Crippen LogP contribution in [0.3, 0.4) is 0 Å². The average Bonchev–Trinajstić information content (AvgIpc) is 2.03. The molecule has 0 aliphatic carbocycles. The lowest BCUT2D eigenvalue weighted by atomic mass is 10.3. The van der Waals surface area contributed by atoms with E-state index in [1.807, 2.05) is 24.3 Å². The first-order valence-electron chi connectivity index (χ1n) is 4.42. The van der Waals surface area contributed by atoms with Crippen molar-refractivity contribution in [3.8, 4) is 0 Å². The summed E-state index contributed by atoms with van der Waals surface area (Å²) < 4.78 is 0. The molecule has 3 N–H and O–H groups in total. The minimum atomic E-state index is 0.801. The highest BCUT2D eigenvalue weighted by Gasteiger charge is 1.92. The number of hydrogen-bond acceptors (Lipinski definition) is 3. The van der Waals surface area contributed by atoms with Gasteiger partial charge >= 0.3 is 0 Å². The molecule has 1 aromatic rings. The topological polar surface area (TPSA) is 41.3 Å². The lowest BCUT2D eigenvalue weighted by Crippen LogP contribution is -2.20. The molecular weight excluding hydrogens is 162 g/mol. The van der Waals surface area contributed by atoms with Gasteiger partial charge in [-0.05, 0) is 32.3 Å². The van der Waals surface area contributed by atoms with Gasteiger partial charge in [-0.2, -0.15) is 0 Å². The van der Waals surface area contributed by atoms with E-state index in [0.717, 1.165) is 24.5 Å². The third-order valence-electron chi connectivity index (χ3n) is 1.77. The first kappa shape index (κ1) is 9.86. The van der Waals surface area contributed by atoms with Crippen molar-refractivity contribution in [3.63, 3.8) is 0 Å². The Kier molecular flexibility index (Phi) is 3.58. The van der Waals surface area contributed by atoms with Gasteiger partial charge in [0.05, 0.1) is 0 Å². The molecule has 0 radical (unpaired) electrons. The van der Waals surface area contributed by atoms with Gasteiger partial charge in [-0.1, -0.05) is 6.07 Å². The van der Waals surface area contributed by atoms with Crippen LogP contribution in [0.1, 0.15) is 0 Å². The van der Waals surface area contributed by atoms with Crippen molar-refractivity contribution >= 4 is 11.4 Å². The maximum absolute atomic E-state index is 5.64. The first-order valence-corrected chi connectivity index (χ1v) is 4.42. The summed E-state index contributed by atoms with van der Waals surface area (Å²) in [5.41, 5.74) is 7.53. The molecule has 0 aliphatic rings. The van der Waals surface area contributed by atoms with E-state index in [9.17, 15) is 0 Å². The number of nitrogens with zero attached hydrogens (tertiary/aromatic N) is 1. The quantitative estimate of drug-likeness (QED) is 0.683. The van der Waals surface area contributed by atoms with E-state index >= 15 is 0 Å². The summed E-state index contributed by atoms with van der Waals surface area (Å²) in [6, 6.07) is 7.80. The summed E-state index contributed by atoms with van der Waals surface area (Å²) in [6.45, 7) is 1.96. The van der Waals surface area contributed by atoms with E-state index in [-0.39, 0.29) is 0 Å². The van der Waals surface area contributed by atoms with Gasteiger partial charge in [0, 0.05) is 24.5 Å². The van der Waals surface area contributed by atoms with Crippen molar-refractivity contribution in [2.45, 2.75) is 0 Å². The molecule has 0 saturated carbocycles. The molecule has 0 unspecified atom stereocenters. The number of nitrogens with two attached hydrogens (primary N) is 1. The molecule has 0 spiro atoms. The smallest absolute Gasteiger partial charge is 0.0361 e. The van der Waals surface area contributed by atoms with E-state index in [2.05, 4.69) is 24.3 Å². The van der Waals surface area contributed by atoms with Crippen LogP contribution in [0.4, 0.5) is 11.4 Å². The Balaban J connectivity index is 2.37. The molecule has 0 aromatic heterocycles. The van der Waals surface area contributed by atoms with Crippen molar-refractivity contribution in [3.05, 3.63) is 24.3 Å². The Bertz CT molecular complexity index is 258. The summed E-state index contributed by atoms with van der Waals surface area (Å²) in [5.74, 6) is 0. The van der Waals surface area contributed by atoms with Gasteiger partial charge in [0.2, 0.25) is 0 Å². The van der Waals surface area contributed by atoms with E-state index in [4.69, 9.17) is 5.73 Å². The van der Waals surface area contributed by atoms with Crippen molar-refractivity contribution in [2.24, 2.45) is 0 Å². The summed E-state index contributed by atoms with van der Waals surface area (Å²) in [7, 11) is 4.11. The normalized spacial score (nSPS) is 10.4. The third-order valence-corrected chi connectivity index (χ3v) is 1.77. The number of anilines is 2. The van der Waals surface area contributed by atoms with Crippen LogP contribution in [-0.2, 0) is 0 Å². The second kappa shape index (κ2) is 4.72. The molecule has 0 amide bonds. The summed E-state index contributed by atoms with van der Waals surface area (Å²) in [5, 5.41) is 3.30. The van der Waals surface area contributed by atoms with Gasteiger partial charge in [0.1, 0.15) is 0 Å². The highest BCUT2D eigenvalue weighted by atomic mass is 15.1. The molecule has 3 nitrogen and oxygen atoms in total. The molecular formula is C10H17N3. The van der Waals surface area contributed by atoms with Crippen molar-refractivity contribution in [1.29, 1.82) is 0 Å². The van der Waals surface area contributed by atoms with Crippen molar-refractivity contribution in [1.82, 2.24) is 4.90 Å². The summed E-state index contributed by atoms with van der Waals surface area (Å²) >= 11 is 0. The van der Waals surface area contributed by atoms with Crippen LogP contribution in [0.15, 0.2) is 24.3 Å². The zero-order valence-corrected chi connectivity index (χ0v) is 8.25. The van der Waals surface area contributed by atoms with Crippen LogP contribution >= 0.6 is 0 Å².